The Hall–Kier alpha value is -1.58. The number of halogens is 2. The fourth-order valence-electron chi connectivity index (χ4n) is 1.92. The van der Waals surface area contributed by atoms with Crippen LogP contribution in [-0.2, 0) is 0 Å². The highest BCUT2D eigenvalue weighted by Gasteiger charge is 2.11. The predicted octanol–water partition coefficient (Wildman–Crippen LogP) is 4.31. The molecule has 2 aromatic rings. The zero-order valence-corrected chi connectivity index (χ0v) is 12.2. The van der Waals surface area contributed by atoms with E-state index < -0.39 is 11.9 Å². The van der Waals surface area contributed by atoms with Crippen molar-refractivity contribution in [1.29, 1.82) is 0 Å². The van der Waals surface area contributed by atoms with Crippen LogP contribution in [0.25, 0.3) is 0 Å². The monoisotopic (exact) mass is 293 g/mol. The number of ether oxygens (including phenoxy) is 1. The number of rotatable bonds is 4. The topological polar surface area (TPSA) is 35.2 Å². The van der Waals surface area contributed by atoms with Crippen LogP contribution in [-0.4, -0.2) is 6.10 Å². The number of hydrogen-bond acceptors (Lipinski definition) is 2. The molecule has 0 spiro atoms. The Morgan fingerprint density at radius 1 is 1.05 bits per heavy atom. The summed E-state index contributed by atoms with van der Waals surface area (Å²) in [5.74, 6) is 0.331. The number of nitrogens with two attached hydrogens (primary N) is 1. The van der Waals surface area contributed by atoms with Gasteiger partial charge in [-0.2, -0.15) is 0 Å². The molecule has 1 unspecified atom stereocenters. The molecule has 0 heterocycles. The molecule has 0 saturated heterocycles. The van der Waals surface area contributed by atoms with Crippen molar-refractivity contribution >= 4 is 11.6 Å². The van der Waals surface area contributed by atoms with Crippen LogP contribution in [0.1, 0.15) is 31.0 Å². The molecule has 0 fully saturated rings. The van der Waals surface area contributed by atoms with Crippen molar-refractivity contribution in [2.75, 3.05) is 0 Å². The van der Waals surface area contributed by atoms with Crippen LogP contribution in [0, 0.1) is 5.82 Å². The first-order valence-electron chi connectivity index (χ1n) is 6.44. The molecule has 0 aromatic heterocycles. The normalized spacial score (nSPS) is 12.5. The highest BCUT2D eigenvalue weighted by molar-refractivity contribution is 6.30. The molecule has 0 radical (unpaired) electrons. The van der Waals surface area contributed by atoms with Crippen LogP contribution >= 0.6 is 11.6 Å². The van der Waals surface area contributed by atoms with Gasteiger partial charge in [-0.25, -0.2) is 4.39 Å². The molecule has 0 aliphatic rings. The van der Waals surface area contributed by atoms with Crippen LogP contribution in [0.4, 0.5) is 4.39 Å². The lowest BCUT2D eigenvalue weighted by atomic mass is 9.99. The van der Waals surface area contributed by atoms with E-state index in [9.17, 15) is 4.39 Å². The van der Waals surface area contributed by atoms with E-state index in [-0.39, 0.29) is 11.1 Å². The third kappa shape index (κ3) is 3.50. The van der Waals surface area contributed by atoms with Crippen LogP contribution in [0.15, 0.2) is 42.5 Å². The van der Waals surface area contributed by atoms with Gasteiger partial charge in [0, 0.05) is 0 Å². The van der Waals surface area contributed by atoms with Crippen LogP contribution in [0.5, 0.6) is 5.75 Å². The van der Waals surface area contributed by atoms with E-state index in [0.29, 0.717) is 5.56 Å². The third-order valence-electron chi connectivity index (χ3n) is 2.91. The van der Waals surface area contributed by atoms with Gasteiger partial charge >= 0.3 is 0 Å². The molecule has 1 atom stereocenters. The van der Waals surface area contributed by atoms with Crippen LogP contribution < -0.4 is 10.5 Å². The van der Waals surface area contributed by atoms with Gasteiger partial charge in [-0.15, -0.1) is 0 Å². The minimum absolute atomic E-state index is 0.0987. The predicted molar refractivity (Wildman–Crippen MR) is 79.6 cm³/mol. The molecule has 20 heavy (non-hydrogen) atoms. The number of benzene rings is 2. The summed E-state index contributed by atoms with van der Waals surface area (Å²) in [4.78, 5) is 0. The van der Waals surface area contributed by atoms with E-state index in [4.69, 9.17) is 22.1 Å². The Balaban J connectivity index is 2.20. The molecular weight excluding hydrogens is 277 g/mol. The Morgan fingerprint density at radius 2 is 1.65 bits per heavy atom. The lowest BCUT2D eigenvalue weighted by molar-refractivity contribution is 0.242. The van der Waals surface area contributed by atoms with Gasteiger partial charge in [0.15, 0.2) is 0 Å². The van der Waals surface area contributed by atoms with E-state index in [0.717, 1.165) is 11.3 Å². The largest absolute Gasteiger partial charge is 0.491 e. The summed E-state index contributed by atoms with van der Waals surface area (Å²) in [6, 6.07) is 11.7. The van der Waals surface area contributed by atoms with Gasteiger partial charge < -0.3 is 10.5 Å². The minimum Gasteiger partial charge on any atom is -0.491 e. The van der Waals surface area contributed by atoms with Gasteiger partial charge in [0.05, 0.1) is 17.2 Å². The summed E-state index contributed by atoms with van der Waals surface area (Å²) in [5, 5.41) is 0.0987. The maximum atomic E-state index is 13.5. The van der Waals surface area contributed by atoms with Crippen LogP contribution in [0.3, 0.4) is 0 Å². The van der Waals surface area contributed by atoms with Gasteiger partial charge in [0.25, 0.3) is 0 Å². The molecule has 2 aromatic carbocycles. The second kappa shape index (κ2) is 6.25. The van der Waals surface area contributed by atoms with Crippen molar-refractivity contribution in [3.63, 3.8) is 0 Å². The molecule has 2 N–H and O–H groups in total. The molecule has 4 heteroatoms. The first-order valence-corrected chi connectivity index (χ1v) is 6.82. The van der Waals surface area contributed by atoms with E-state index in [1.54, 1.807) is 6.07 Å². The third-order valence-corrected chi connectivity index (χ3v) is 3.22. The summed E-state index contributed by atoms with van der Waals surface area (Å²) < 4.78 is 19.0. The van der Waals surface area contributed by atoms with E-state index >= 15 is 0 Å². The van der Waals surface area contributed by atoms with Gasteiger partial charge in [0.1, 0.15) is 11.6 Å². The molecule has 0 bridgehead atoms. The van der Waals surface area contributed by atoms with E-state index in [1.807, 2.05) is 38.1 Å². The zero-order valence-electron chi connectivity index (χ0n) is 11.4. The second-order valence-corrected chi connectivity index (χ2v) is 5.29. The summed E-state index contributed by atoms with van der Waals surface area (Å²) in [6.45, 7) is 3.94. The summed E-state index contributed by atoms with van der Waals surface area (Å²) >= 11 is 5.67. The zero-order chi connectivity index (χ0) is 14.7. The Bertz CT molecular complexity index is 584. The Labute approximate surface area is 123 Å². The fraction of sp³-hybridized carbons (Fsp3) is 0.250. The van der Waals surface area contributed by atoms with Crippen molar-refractivity contribution in [3.05, 3.63) is 64.4 Å². The lowest BCUT2D eigenvalue weighted by Gasteiger charge is -2.15. The maximum Gasteiger partial charge on any atom is 0.142 e. The van der Waals surface area contributed by atoms with Gasteiger partial charge in [-0.1, -0.05) is 29.8 Å². The lowest BCUT2D eigenvalue weighted by Crippen LogP contribution is -2.12. The molecule has 0 aliphatic heterocycles. The average molecular weight is 294 g/mol. The molecule has 0 aliphatic carbocycles. The van der Waals surface area contributed by atoms with E-state index in [2.05, 4.69) is 0 Å². The second-order valence-electron chi connectivity index (χ2n) is 4.89. The number of hydrogen-bond donors (Lipinski definition) is 1. The van der Waals surface area contributed by atoms with Gasteiger partial charge in [0.2, 0.25) is 0 Å². The summed E-state index contributed by atoms with van der Waals surface area (Å²) in [7, 11) is 0. The fourth-order valence-corrected chi connectivity index (χ4v) is 2.04. The molecule has 0 saturated carbocycles. The Morgan fingerprint density at radius 3 is 2.20 bits per heavy atom. The van der Waals surface area contributed by atoms with Crippen molar-refractivity contribution in [2.24, 2.45) is 5.73 Å². The summed E-state index contributed by atoms with van der Waals surface area (Å²) in [6.07, 6.45) is 0.125. The Kier molecular flexibility index (Phi) is 4.63. The molecule has 2 rings (SSSR count). The van der Waals surface area contributed by atoms with Gasteiger partial charge in [-0.05, 0) is 49.2 Å². The van der Waals surface area contributed by atoms with Gasteiger partial charge in [-0.3, -0.25) is 0 Å². The molecule has 2 nitrogen and oxygen atoms in total. The van der Waals surface area contributed by atoms with Crippen molar-refractivity contribution in [1.82, 2.24) is 0 Å². The quantitative estimate of drug-likeness (QED) is 0.911. The first-order chi connectivity index (χ1) is 9.47. The average Bonchev–Trinajstić information content (AvgIpc) is 2.41. The first kappa shape index (κ1) is 14.8. The minimum atomic E-state index is -0.459. The van der Waals surface area contributed by atoms with Crippen molar-refractivity contribution < 1.29 is 9.13 Å². The standard InChI is InChI=1S/C16H17ClFNO/c1-10(2)20-13-6-3-11(4-7-13)16(19)12-5-8-14(17)15(18)9-12/h3-10,16H,19H2,1-2H3. The molecule has 0 amide bonds. The van der Waals surface area contributed by atoms with Crippen molar-refractivity contribution in [3.8, 4) is 5.75 Å². The SMILES string of the molecule is CC(C)Oc1ccc(C(N)c2ccc(Cl)c(F)c2)cc1. The smallest absolute Gasteiger partial charge is 0.142 e. The molecular formula is C16H17ClFNO. The maximum absolute atomic E-state index is 13.5. The van der Waals surface area contributed by atoms with Crippen molar-refractivity contribution in [2.45, 2.75) is 26.0 Å². The highest BCUT2D eigenvalue weighted by Crippen LogP contribution is 2.25. The highest BCUT2D eigenvalue weighted by atomic mass is 35.5. The van der Waals surface area contributed by atoms with Crippen LogP contribution in [0.2, 0.25) is 5.02 Å². The molecule has 106 valence electrons. The summed E-state index contributed by atoms with van der Waals surface area (Å²) in [5.41, 5.74) is 7.71. The van der Waals surface area contributed by atoms with E-state index in [1.165, 1.54) is 12.1 Å².